The summed E-state index contributed by atoms with van der Waals surface area (Å²) < 4.78 is 7.05. The van der Waals surface area contributed by atoms with Crippen LogP contribution in [0.2, 0.25) is 5.02 Å². The summed E-state index contributed by atoms with van der Waals surface area (Å²) in [5, 5.41) is 8.01. The third-order valence-electron chi connectivity index (χ3n) is 2.18. The van der Waals surface area contributed by atoms with Crippen molar-refractivity contribution in [3.63, 3.8) is 0 Å². The molecule has 17 heavy (non-hydrogen) atoms. The van der Waals surface area contributed by atoms with Gasteiger partial charge in [0.15, 0.2) is 0 Å². The molecule has 0 aliphatic heterocycles. The molecular weight excluding hydrogens is 240 g/mol. The van der Waals surface area contributed by atoms with Crippen molar-refractivity contribution in [2.24, 2.45) is 0 Å². The van der Waals surface area contributed by atoms with Crippen molar-refractivity contribution in [2.75, 3.05) is 12.0 Å². The maximum atomic E-state index is 6.08. The largest absolute Gasteiger partial charge is 0.492 e. The van der Waals surface area contributed by atoms with Crippen LogP contribution in [0.25, 0.3) is 0 Å². The van der Waals surface area contributed by atoms with E-state index in [4.69, 9.17) is 16.3 Å². The Morgan fingerprint density at radius 2 is 2.12 bits per heavy atom. The SMILES string of the molecule is CCOc1ccc(CNn2cnnc2)cc1Cl. The van der Waals surface area contributed by atoms with Gasteiger partial charge in [0.25, 0.3) is 0 Å². The van der Waals surface area contributed by atoms with Crippen molar-refractivity contribution in [3.05, 3.63) is 41.4 Å². The Balaban J connectivity index is 2.00. The average molecular weight is 253 g/mol. The molecule has 0 amide bonds. The standard InChI is InChI=1S/C11H13ClN4O/c1-2-17-11-4-3-9(5-10(11)12)6-15-16-7-13-14-8-16/h3-5,7-8,15H,2,6H2,1H3. The van der Waals surface area contributed by atoms with Crippen LogP contribution in [0.1, 0.15) is 12.5 Å². The second-order valence-electron chi connectivity index (χ2n) is 3.40. The molecule has 1 aromatic carbocycles. The molecule has 2 rings (SSSR count). The van der Waals surface area contributed by atoms with Gasteiger partial charge >= 0.3 is 0 Å². The first-order chi connectivity index (χ1) is 8.29. The number of rotatable bonds is 5. The van der Waals surface area contributed by atoms with Crippen LogP contribution in [-0.4, -0.2) is 21.5 Å². The molecular formula is C11H13ClN4O. The first kappa shape index (κ1) is 11.7. The maximum absolute atomic E-state index is 6.08. The first-order valence-corrected chi connectivity index (χ1v) is 5.67. The summed E-state index contributed by atoms with van der Waals surface area (Å²) in [6.07, 6.45) is 3.19. The Kier molecular flexibility index (Phi) is 3.82. The average Bonchev–Trinajstić information content (AvgIpc) is 2.83. The van der Waals surface area contributed by atoms with Crippen molar-refractivity contribution in [1.29, 1.82) is 0 Å². The minimum absolute atomic E-state index is 0.609. The van der Waals surface area contributed by atoms with E-state index in [0.29, 0.717) is 23.9 Å². The van der Waals surface area contributed by atoms with E-state index in [0.717, 1.165) is 5.56 Å². The molecule has 0 atom stereocenters. The number of nitrogens with zero attached hydrogens (tertiary/aromatic N) is 3. The molecule has 0 fully saturated rings. The number of ether oxygens (including phenoxy) is 1. The van der Waals surface area contributed by atoms with Gasteiger partial charge in [-0.05, 0) is 24.6 Å². The van der Waals surface area contributed by atoms with E-state index in [1.54, 1.807) is 17.3 Å². The molecule has 90 valence electrons. The van der Waals surface area contributed by atoms with E-state index in [1.807, 2.05) is 25.1 Å². The van der Waals surface area contributed by atoms with Gasteiger partial charge in [0, 0.05) is 0 Å². The fourth-order valence-electron chi connectivity index (χ4n) is 1.39. The monoisotopic (exact) mass is 252 g/mol. The molecule has 0 saturated carbocycles. The van der Waals surface area contributed by atoms with Gasteiger partial charge in [0.2, 0.25) is 0 Å². The molecule has 0 saturated heterocycles. The summed E-state index contributed by atoms with van der Waals surface area (Å²) in [7, 11) is 0. The van der Waals surface area contributed by atoms with E-state index in [-0.39, 0.29) is 0 Å². The smallest absolute Gasteiger partial charge is 0.138 e. The molecule has 2 aromatic rings. The molecule has 1 heterocycles. The number of hydrogen-bond donors (Lipinski definition) is 1. The number of nitrogens with one attached hydrogen (secondary N) is 1. The van der Waals surface area contributed by atoms with Gasteiger partial charge in [0.05, 0.1) is 18.2 Å². The molecule has 0 unspecified atom stereocenters. The molecule has 0 aliphatic carbocycles. The summed E-state index contributed by atoms with van der Waals surface area (Å²) in [5.41, 5.74) is 4.17. The molecule has 0 aliphatic rings. The Labute approximate surface area is 104 Å². The Hall–Kier alpha value is -1.75. The number of benzene rings is 1. The van der Waals surface area contributed by atoms with E-state index in [1.165, 1.54) is 0 Å². The van der Waals surface area contributed by atoms with Crippen LogP contribution in [-0.2, 0) is 6.54 Å². The van der Waals surface area contributed by atoms with Crippen LogP contribution >= 0.6 is 11.6 Å². The molecule has 0 spiro atoms. The highest BCUT2D eigenvalue weighted by Gasteiger charge is 2.02. The quantitative estimate of drug-likeness (QED) is 0.885. The summed E-state index contributed by atoms with van der Waals surface area (Å²) in [5.74, 6) is 0.710. The number of hydrogen-bond acceptors (Lipinski definition) is 4. The van der Waals surface area contributed by atoms with Gasteiger partial charge in [-0.15, -0.1) is 10.2 Å². The lowest BCUT2D eigenvalue weighted by molar-refractivity contribution is 0.340. The molecule has 0 bridgehead atoms. The lowest BCUT2D eigenvalue weighted by Crippen LogP contribution is -2.12. The van der Waals surface area contributed by atoms with Gasteiger partial charge in [-0.2, -0.15) is 0 Å². The van der Waals surface area contributed by atoms with Gasteiger partial charge in [0.1, 0.15) is 18.4 Å². The van der Waals surface area contributed by atoms with E-state index in [2.05, 4.69) is 15.6 Å². The third-order valence-corrected chi connectivity index (χ3v) is 2.48. The highest BCUT2D eigenvalue weighted by Crippen LogP contribution is 2.25. The fourth-order valence-corrected chi connectivity index (χ4v) is 1.65. The third kappa shape index (κ3) is 3.10. The van der Waals surface area contributed by atoms with Crippen LogP contribution in [0.5, 0.6) is 5.75 Å². The van der Waals surface area contributed by atoms with Crippen LogP contribution in [0, 0.1) is 0 Å². The Bertz CT molecular complexity index is 472. The Morgan fingerprint density at radius 3 is 2.76 bits per heavy atom. The molecule has 6 heteroatoms. The Morgan fingerprint density at radius 1 is 1.35 bits per heavy atom. The predicted molar refractivity (Wildman–Crippen MR) is 65.7 cm³/mol. The van der Waals surface area contributed by atoms with Crippen molar-refractivity contribution in [3.8, 4) is 5.75 Å². The summed E-state index contributed by atoms with van der Waals surface area (Å²) in [6, 6.07) is 5.72. The first-order valence-electron chi connectivity index (χ1n) is 5.29. The second kappa shape index (κ2) is 5.54. The lowest BCUT2D eigenvalue weighted by atomic mass is 10.2. The summed E-state index contributed by atoms with van der Waals surface area (Å²) in [6.45, 7) is 3.18. The van der Waals surface area contributed by atoms with Gasteiger partial charge in [-0.1, -0.05) is 17.7 Å². The van der Waals surface area contributed by atoms with Crippen molar-refractivity contribution < 1.29 is 4.74 Å². The molecule has 1 N–H and O–H groups in total. The number of aromatic nitrogens is 3. The predicted octanol–water partition coefficient (Wildman–Crippen LogP) is 2.07. The molecule has 0 radical (unpaired) electrons. The molecule has 5 nitrogen and oxygen atoms in total. The van der Waals surface area contributed by atoms with Crippen LogP contribution in [0.4, 0.5) is 0 Å². The normalized spacial score (nSPS) is 10.2. The van der Waals surface area contributed by atoms with Crippen LogP contribution in [0.3, 0.4) is 0 Å². The summed E-state index contributed by atoms with van der Waals surface area (Å²) in [4.78, 5) is 0. The zero-order valence-electron chi connectivity index (χ0n) is 9.43. The zero-order valence-corrected chi connectivity index (χ0v) is 10.2. The van der Waals surface area contributed by atoms with E-state index < -0.39 is 0 Å². The van der Waals surface area contributed by atoms with Crippen molar-refractivity contribution in [2.45, 2.75) is 13.5 Å². The topological polar surface area (TPSA) is 52.0 Å². The lowest BCUT2D eigenvalue weighted by Gasteiger charge is -2.09. The number of halogens is 1. The minimum Gasteiger partial charge on any atom is -0.492 e. The van der Waals surface area contributed by atoms with Crippen LogP contribution in [0.15, 0.2) is 30.9 Å². The zero-order chi connectivity index (χ0) is 12.1. The highest BCUT2D eigenvalue weighted by atomic mass is 35.5. The van der Waals surface area contributed by atoms with Gasteiger partial charge in [-0.3, -0.25) is 0 Å². The van der Waals surface area contributed by atoms with Gasteiger partial charge in [-0.25, -0.2) is 4.68 Å². The van der Waals surface area contributed by atoms with Crippen molar-refractivity contribution in [1.82, 2.24) is 14.9 Å². The highest BCUT2D eigenvalue weighted by molar-refractivity contribution is 6.32. The van der Waals surface area contributed by atoms with Gasteiger partial charge < -0.3 is 10.2 Å². The van der Waals surface area contributed by atoms with Crippen molar-refractivity contribution >= 4 is 11.6 Å². The van der Waals surface area contributed by atoms with E-state index >= 15 is 0 Å². The summed E-state index contributed by atoms with van der Waals surface area (Å²) >= 11 is 6.08. The molecule has 1 aromatic heterocycles. The minimum atomic E-state index is 0.609. The fraction of sp³-hybridized carbons (Fsp3) is 0.273. The second-order valence-corrected chi connectivity index (χ2v) is 3.81. The van der Waals surface area contributed by atoms with E-state index in [9.17, 15) is 0 Å². The van der Waals surface area contributed by atoms with Crippen LogP contribution < -0.4 is 10.2 Å². The maximum Gasteiger partial charge on any atom is 0.138 e.